The minimum Gasteiger partial charge on any atom is -0.396 e. The first-order valence-electron chi connectivity index (χ1n) is 4.99. The standard InChI is InChI=1S/C11H13BrFNO2/c12-8-3-4-9(10(13)7-8)11(16)14-5-1-2-6-15/h3-4,7,15H,1-2,5-6H2,(H,14,16). The van der Waals surface area contributed by atoms with Crippen LogP contribution >= 0.6 is 15.9 Å². The molecule has 0 bridgehead atoms. The van der Waals surface area contributed by atoms with Crippen LogP contribution in [0.4, 0.5) is 4.39 Å². The molecular formula is C11H13BrFNO2. The Labute approximate surface area is 102 Å². The summed E-state index contributed by atoms with van der Waals surface area (Å²) in [5.74, 6) is -0.975. The number of amides is 1. The maximum Gasteiger partial charge on any atom is 0.254 e. The number of carbonyl (C=O) groups excluding carboxylic acids is 1. The SMILES string of the molecule is O=C(NCCCCO)c1ccc(Br)cc1F. The van der Waals surface area contributed by atoms with Crippen LogP contribution in [0.1, 0.15) is 23.2 Å². The molecule has 0 atom stereocenters. The molecule has 16 heavy (non-hydrogen) atoms. The second kappa shape index (κ2) is 6.60. The number of aliphatic hydroxyl groups is 1. The molecule has 1 aromatic rings. The van der Waals surface area contributed by atoms with Gasteiger partial charge in [-0.05, 0) is 31.0 Å². The molecular weight excluding hydrogens is 277 g/mol. The second-order valence-corrected chi connectivity index (χ2v) is 4.23. The Kier molecular flexibility index (Phi) is 5.42. The quantitative estimate of drug-likeness (QED) is 0.816. The van der Waals surface area contributed by atoms with Crippen molar-refractivity contribution in [1.29, 1.82) is 0 Å². The first-order valence-corrected chi connectivity index (χ1v) is 5.78. The van der Waals surface area contributed by atoms with Crippen molar-refractivity contribution in [2.24, 2.45) is 0 Å². The molecule has 0 radical (unpaired) electrons. The van der Waals surface area contributed by atoms with Crippen LogP contribution in [0.3, 0.4) is 0 Å². The van der Waals surface area contributed by atoms with Crippen molar-refractivity contribution in [3.8, 4) is 0 Å². The average Bonchev–Trinajstić information content (AvgIpc) is 2.24. The molecule has 0 saturated heterocycles. The molecule has 88 valence electrons. The van der Waals surface area contributed by atoms with E-state index in [0.29, 0.717) is 23.9 Å². The molecule has 0 saturated carbocycles. The Morgan fingerprint density at radius 1 is 1.44 bits per heavy atom. The molecule has 1 rings (SSSR count). The lowest BCUT2D eigenvalue weighted by molar-refractivity contribution is 0.0948. The number of rotatable bonds is 5. The lowest BCUT2D eigenvalue weighted by Gasteiger charge is -2.05. The van der Waals surface area contributed by atoms with Crippen LogP contribution in [-0.4, -0.2) is 24.2 Å². The molecule has 0 aromatic heterocycles. The van der Waals surface area contributed by atoms with Gasteiger partial charge in [-0.1, -0.05) is 15.9 Å². The number of benzene rings is 1. The summed E-state index contributed by atoms with van der Waals surface area (Å²) < 4.78 is 13.9. The van der Waals surface area contributed by atoms with E-state index in [-0.39, 0.29) is 12.2 Å². The third-order valence-electron chi connectivity index (χ3n) is 2.05. The van der Waals surface area contributed by atoms with E-state index in [1.807, 2.05) is 0 Å². The zero-order valence-corrected chi connectivity index (χ0v) is 10.3. The fourth-order valence-electron chi connectivity index (χ4n) is 1.21. The smallest absolute Gasteiger partial charge is 0.254 e. The van der Waals surface area contributed by atoms with E-state index in [1.165, 1.54) is 12.1 Å². The number of hydrogen-bond donors (Lipinski definition) is 2. The summed E-state index contributed by atoms with van der Waals surface area (Å²) in [4.78, 5) is 11.5. The van der Waals surface area contributed by atoms with Crippen LogP contribution in [0.5, 0.6) is 0 Å². The van der Waals surface area contributed by atoms with Gasteiger partial charge in [0, 0.05) is 17.6 Å². The van der Waals surface area contributed by atoms with Crippen LogP contribution < -0.4 is 5.32 Å². The molecule has 1 amide bonds. The number of hydrogen-bond acceptors (Lipinski definition) is 2. The van der Waals surface area contributed by atoms with Gasteiger partial charge in [0.1, 0.15) is 5.82 Å². The zero-order valence-electron chi connectivity index (χ0n) is 8.67. The molecule has 0 fully saturated rings. The van der Waals surface area contributed by atoms with Crippen molar-refractivity contribution in [2.45, 2.75) is 12.8 Å². The predicted molar refractivity (Wildman–Crippen MR) is 62.8 cm³/mol. The first-order chi connectivity index (χ1) is 7.65. The highest BCUT2D eigenvalue weighted by atomic mass is 79.9. The summed E-state index contributed by atoms with van der Waals surface area (Å²) in [6.07, 6.45) is 1.31. The number of halogens is 2. The fraction of sp³-hybridized carbons (Fsp3) is 0.364. The maximum atomic E-state index is 13.3. The minimum absolute atomic E-state index is 0.0344. The molecule has 0 spiro atoms. The van der Waals surface area contributed by atoms with Crippen molar-refractivity contribution < 1.29 is 14.3 Å². The van der Waals surface area contributed by atoms with Crippen molar-refractivity contribution in [3.05, 3.63) is 34.1 Å². The zero-order chi connectivity index (χ0) is 12.0. The Bertz CT molecular complexity index is 371. The first kappa shape index (κ1) is 13.1. The second-order valence-electron chi connectivity index (χ2n) is 3.31. The number of carbonyl (C=O) groups is 1. The van der Waals surface area contributed by atoms with Gasteiger partial charge in [0.25, 0.3) is 5.91 Å². The van der Waals surface area contributed by atoms with Gasteiger partial charge in [-0.2, -0.15) is 0 Å². The van der Waals surface area contributed by atoms with E-state index < -0.39 is 11.7 Å². The van der Waals surface area contributed by atoms with Crippen LogP contribution in [0, 0.1) is 5.82 Å². The van der Waals surface area contributed by atoms with E-state index in [4.69, 9.17) is 5.11 Å². The van der Waals surface area contributed by atoms with Gasteiger partial charge in [-0.3, -0.25) is 4.79 Å². The fourth-order valence-corrected chi connectivity index (χ4v) is 1.54. The van der Waals surface area contributed by atoms with Gasteiger partial charge in [-0.25, -0.2) is 4.39 Å². The normalized spacial score (nSPS) is 10.2. The van der Waals surface area contributed by atoms with Crippen LogP contribution in [-0.2, 0) is 0 Å². The molecule has 0 heterocycles. The van der Waals surface area contributed by atoms with E-state index in [0.717, 1.165) is 0 Å². The highest BCUT2D eigenvalue weighted by molar-refractivity contribution is 9.10. The van der Waals surface area contributed by atoms with Gasteiger partial charge in [-0.15, -0.1) is 0 Å². The number of unbranched alkanes of at least 4 members (excludes halogenated alkanes) is 1. The number of aliphatic hydroxyl groups excluding tert-OH is 1. The summed E-state index contributed by atoms with van der Waals surface area (Å²) in [6, 6.07) is 4.30. The van der Waals surface area contributed by atoms with Gasteiger partial charge in [0.2, 0.25) is 0 Å². The lowest BCUT2D eigenvalue weighted by Crippen LogP contribution is -2.25. The Morgan fingerprint density at radius 2 is 2.19 bits per heavy atom. The third-order valence-corrected chi connectivity index (χ3v) is 2.54. The van der Waals surface area contributed by atoms with E-state index in [2.05, 4.69) is 21.2 Å². The predicted octanol–water partition coefficient (Wildman–Crippen LogP) is 2.09. The van der Waals surface area contributed by atoms with Gasteiger partial charge >= 0.3 is 0 Å². The average molecular weight is 290 g/mol. The van der Waals surface area contributed by atoms with E-state index in [9.17, 15) is 9.18 Å². The van der Waals surface area contributed by atoms with Crippen LogP contribution in [0.15, 0.2) is 22.7 Å². The summed E-state index contributed by atoms with van der Waals surface area (Å²) in [6.45, 7) is 0.539. The molecule has 2 N–H and O–H groups in total. The lowest BCUT2D eigenvalue weighted by atomic mass is 10.2. The Balaban J connectivity index is 2.53. The molecule has 0 aliphatic heterocycles. The molecule has 3 nitrogen and oxygen atoms in total. The van der Waals surface area contributed by atoms with Crippen molar-refractivity contribution in [1.82, 2.24) is 5.32 Å². The van der Waals surface area contributed by atoms with Crippen molar-refractivity contribution in [3.63, 3.8) is 0 Å². The van der Waals surface area contributed by atoms with Crippen molar-refractivity contribution in [2.75, 3.05) is 13.2 Å². The van der Waals surface area contributed by atoms with Gasteiger partial charge in [0.15, 0.2) is 0 Å². The molecule has 0 unspecified atom stereocenters. The Morgan fingerprint density at radius 3 is 2.81 bits per heavy atom. The Hall–Kier alpha value is -0.940. The summed E-state index contributed by atoms with van der Waals surface area (Å²) >= 11 is 3.12. The van der Waals surface area contributed by atoms with Gasteiger partial charge < -0.3 is 10.4 Å². The highest BCUT2D eigenvalue weighted by Crippen LogP contribution is 2.15. The van der Waals surface area contributed by atoms with Crippen LogP contribution in [0.2, 0.25) is 0 Å². The van der Waals surface area contributed by atoms with E-state index in [1.54, 1.807) is 6.07 Å². The molecule has 0 aliphatic carbocycles. The number of nitrogens with one attached hydrogen (secondary N) is 1. The summed E-state index contributed by atoms with van der Waals surface area (Å²) in [5.41, 5.74) is 0.0344. The maximum absolute atomic E-state index is 13.3. The highest BCUT2D eigenvalue weighted by Gasteiger charge is 2.10. The summed E-state index contributed by atoms with van der Waals surface area (Å²) in [7, 11) is 0. The van der Waals surface area contributed by atoms with Crippen LogP contribution in [0.25, 0.3) is 0 Å². The third kappa shape index (κ3) is 3.90. The molecule has 1 aromatic carbocycles. The monoisotopic (exact) mass is 289 g/mol. The largest absolute Gasteiger partial charge is 0.396 e. The van der Waals surface area contributed by atoms with Gasteiger partial charge in [0.05, 0.1) is 5.56 Å². The molecule has 5 heteroatoms. The van der Waals surface area contributed by atoms with E-state index >= 15 is 0 Å². The minimum atomic E-state index is -0.547. The summed E-state index contributed by atoms with van der Waals surface area (Å²) in [5, 5.41) is 11.1. The molecule has 0 aliphatic rings. The topological polar surface area (TPSA) is 49.3 Å². The van der Waals surface area contributed by atoms with Crippen molar-refractivity contribution >= 4 is 21.8 Å².